The van der Waals surface area contributed by atoms with Gasteiger partial charge in [-0.15, -0.1) is 0 Å². The first-order chi connectivity index (χ1) is 14.9. The van der Waals surface area contributed by atoms with E-state index in [1.165, 1.54) is 54.9 Å². The number of hydrogen-bond donors (Lipinski definition) is 1. The molecule has 0 saturated carbocycles. The number of nitrogens with one attached hydrogen (secondary N) is 1. The predicted molar refractivity (Wildman–Crippen MR) is 125 cm³/mol. The normalized spacial score (nSPS) is 17.9. The summed E-state index contributed by atoms with van der Waals surface area (Å²) in [7, 11) is 0. The minimum atomic E-state index is 0.238. The molecule has 6 aromatic rings. The highest BCUT2D eigenvalue weighted by Crippen LogP contribution is 2.45. The van der Waals surface area contributed by atoms with Crippen molar-refractivity contribution in [1.82, 2.24) is 4.40 Å². The molecule has 140 valence electrons. The highest BCUT2D eigenvalue weighted by Gasteiger charge is 2.27. The average Bonchev–Trinajstić information content (AvgIpc) is 3.42. The van der Waals surface area contributed by atoms with Gasteiger partial charge in [0.05, 0.1) is 28.5 Å². The molecule has 2 aliphatic rings. The topological polar surface area (TPSA) is 29.6 Å². The van der Waals surface area contributed by atoms with E-state index in [0.29, 0.717) is 0 Å². The summed E-state index contributed by atoms with van der Waals surface area (Å²) in [5.41, 5.74) is 8.09. The van der Waals surface area contributed by atoms with Gasteiger partial charge in [-0.1, -0.05) is 60.7 Å². The van der Waals surface area contributed by atoms with E-state index in [-0.39, 0.29) is 6.04 Å². The van der Waals surface area contributed by atoms with Crippen molar-refractivity contribution in [2.24, 2.45) is 0 Å². The van der Waals surface area contributed by atoms with Crippen molar-refractivity contribution in [2.75, 3.05) is 5.32 Å². The molecule has 4 heterocycles. The van der Waals surface area contributed by atoms with E-state index in [0.717, 1.165) is 11.2 Å². The SMILES string of the molecule is C1=CC2=Cc3c(c4cccc5c6cc7c(cc6n3c45)oc3ccccc37)NC2C=C1. The first-order valence-electron chi connectivity index (χ1n) is 10.3. The number of fused-ring (bicyclic) bond motifs is 10. The lowest BCUT2D eigenvalue weighted by Gasteiger charge is -2.24. The Bertz CT molecular complexity index is 1770. The first kappa shape index (κ1) is 14.9. The summed E-state index contributed by atoms with van der Waals surface area (Å²) in [4.78, 5) is 0. The van der Waals surface area contributed by atoms with Crippen LogP contribution in [-0.2, 0) is 0 Å². The van der Waals surface area contributed by atoms with Crippen molar-refractivity contribution in [2.45, 2.75) is 6.04 Å². The largest absolute Gasteiger partial charge is 0.456 e. The molecule has 3 aromatic heterocycles. The van der Waals surface area contributed by atoms with Gasteiger partial charge in [0.2, 0.25) is 0 Å². The Balaban J connectivity index is 1.58. The molecular formula is C27H16N2O. The fourth-order valence-corrected chi connectivity index (χ4v) is 5.41. The molecular weight excluding hydrogens is 368 g/mol. The van der Waals surface area contributed by atoms with E-state index in [9.17, 15) is 0 Å². The fraction of sp³-hybridized carbons (Fsp3) is 0.0370. The third-order valence-electron chi connectivity index (χ3n) is 6.72. The van der Waals surface area contributed by atoms with Gasteiger partial charge in [-0.3, -0.25) is 0 Å². The zero-order chi connectivity index (χ0) is 19.4. The minimum absolute atomic E-state index is 0.238. The van der Waals surface area contributed by atoms with Crippen molar-refractivity contribution in [3.05, 3.63) is 90.2 Å². The molecule has 0 spiro atoms. The standard InChI is InChI=1S/C27H16N2O/c1-3-10-21-15(6-1)12-23-26(28-21)18-9-5-8-17-19-13-20-16-7-2-4-11-24(16)30-25(20)14-22(19)29(23)27(17)18/h1-14,21,28H. The molecule has 0 bridgehead atoms. The Hall–Kier alpha value is -3.98. The molecule has 1 unspecified atom stereocenters. The van der Waals surface area contributed by atoms with Crippen molar-refractivity contribution >= 4 is 60.9 Å². The zero-order valence-corrected chi connectivity index (χ0v) is 16.0. The van der Waals surface area contributed by atoms with Crippen LogP contribution in [0.25, 0.3) is 55.2 Å². The van der Waals surface area contributed by atoms with Gasteiger partial charge in [-0.05, 0) is 23.8 Å². The maximum Gasteiger partial charge on any atom is 0.137 e. The quantitative estimate of drug-likeness (QED) is 0.309. The molecule has 3 aromatic carbocycles. The van der Waals surface area contributed by atoms with Crippen LogP contribution in [0, 0.1) is 0 Å². The minimum Gasteiger partial charge on any atom is -0.456 e. The van der Waals surface area contributed by atoms with Gasteiger partial charge in [0.15, 0.2) is 0 Å². The Kier molecular flexibility index (Phi) is 2.46. The van der Waals surface area contributed by atoms with Gasteiger partial charge in [-0.25, -0.2) is 0 Å². The Morgan fingerprint density at radius 1 is 0.800 bits per heavy atom. The van der Waals surface area contributed by atoms with E-state index in [4.69, 9.17) is 4.42 Å². The molecule has 0 saturated heterocycles. The molecule has 3 heteroatoms. The molecule has 0 amide bonds. The smallest absolute Gasteiger partial charge is 0.137 e. The number of aromatic nitrogens is 1. The van der Waals surface area contributed by atoms with Crippen LogP contribution in [0.2, 0.25) is 0 Å². The summed E-state index contributed by atoms with van der Waals surface area (Å²) < 4.78 is 8.62. The van der Waals surface area contributed by atoms with Gasteiger partial charge in [-0.2, -0.15) is 0 Å². The molecule has 8 rings (SSSR count). The second-order valence-corrected chi connectivity index (χ2v) is 8.27. The number of hydrogen-bond acceptors (Lipinski definition) is 2. The number of nitrogens with zero attached hydrogens (tertiary/aromatic N) is 1. The van der Waals surface area contributed by atoms with Crippen LogP contribution < -0.4 is 5.32 Å². The number of furan rings is 1. The predicted octanol–water partition coefficient (Wildman–Crippen LogP) is 6.89. The van der Waals surface area contributed by atoms with Crippen LogP contribution in [0.15, 0.2) is 88.9 Å². The van der Waals surface area contributed by atoms with Crippen molar-refractivity contribution in [3.63, 3.8) is 0 Å². The van der Waals surface area contributed by atoms with Crippen molar-refractivity contribution in [3.8, 4) is 0 Å². The molecule has 3 nitrogen and oxygen atoms in total. The third-order valence-corrected chi connectivity index (χ3v) is 6.72. The summed E-state index contributed by atoms with van der Waals surface area (Å²) in [5, 5.41) is 9.96. The number of benzene rings is 3. The second kappa shape index (κ2) is 4.95. The van der Waals surface area contributed by atoms with Crippen LogP contribution in [0.4, 0.5) is 5.69 Å². The molecule has 1 atom stereocenters. The molecule has 0 radical (unpaired) electrons. The van der Waals surface area contributed by atoms with Crippen LogP contribution in [-0.4, -0.2) is 10.4 Å². The van der Waals surface area contributed by atoms with Gasteiger partial charge in [0.1, 0.15) is 11.2 Å². The van der Waals surface area contributed by atoms with Crippen LogP contribution in [0.1, 0.15) is 5.69 Å². The third kappa shape index (κ3) is 1.64. The van der Waals surface area contributed by atoms with Gasteiger partial charge >= 0.3 is 0 Å². The highest BCUT2D eigenvalue weighted by atomic mass is 16.3. The lowest BCUT2D eigenvalue weighted by atomic mass is 9.96. The van der Waals surface area contributed by atoms with Crippen molar-refractivity contribution < 1.29 is 4.42 Å². The summed E-state index contributed by atoms with van der Waals surface area (Å²) in [5.74, 6) is 0. The zero-order valence-electron chi connectivity index (χ0n) is 16.0. The van der Waals surface area contributed by atoms with Crippen molar-refractivity contribution in [1.29, 1.82) is 0 Å². The maximum atomic E-state index is 6.21. The molecule has 30 heavy (non-hydrogen) atoms. The molecule has 1 aliphatic heterocycles. The van der Waals surface area contributed by atoms with Crippen LogP contribution >= 0.6 is 0 Å². The summed E-state index contributed by atoms with van der Waals surface area (Å²) in [6.07, 6.45) is 11.0. The lowest BCUT2D eigenvalue weighted by molar-refractivity contribution is 0.669. The lowest BCUT2D eigenvalue weighted by Crippen LogP contribution is -2.23. The second-order valence-electron chi connectivity index (χ2n) is 8.27. The fourth-order valence-electron chi connectivity index (χ4n) is 5.41. The van der Waals surface area contributed by atoms with E-state index in [1.807, 2.05) is 12.1 Å². The van der Waals surface area contributed by atoms with Gasteiger partial charge in [0.25, 0.3) is 0 Å². The van der Waals surface area contributed by atoms with E-state index < -0.39 is 0 Å². The van der Waals surface area contributed by atoms with Gasteiger partial charge in [0, 0.05) is 33.0 Å². The monoisotopic (exact) mass is 384 g/mol. The van der Waals surface area contributed by atoms with Crippen LogP contribution in [0.5, 0.6) is 0 Å². The Labute approximate surface area is 171 Å². The van der Waals surface area contributed by atoms with E-state index in [1.54, 1.807) is 0 Å². The summed E-state index contributed by atoms with van der Waals surface area (Å²) in [6.45, 7) is 0. The van der Waals surface area contributed by atoms with E-state index in [2.05, 4.69) is 82.6 Å². The maximum absolute atomic E-state index is 6.21. The Morgan fingerprint density at radius 3 is 2.70 bits per heavy atom. The summed E-state index contributed by atoms with van der Waals surface area (Å²) in [6, 6.07) is 19.7. The number of anilines is 1. The molecule has 1 aliphatic carbocycles. The summed E-state index contributed by atoms with van der Waals surface area (Å²) >= 11 is 0. The highest BCUT2D eigenvalue weighted by molar-refractivity contribution is 6.22. The first-order valence-corrected chi connectivity index (χ1v) is 10.3. The van der Waals surface area contributed by atoms with Gasteiger partial charge < -0.3 is 14.1 Å². The number of para-hydroxylation sites is 2. The molecule has 1 N–H and O–H groups in total. The van der Waals surface area contributed by atoms with Crippen LogP contribution in [0.3, 0.4) is 0 Å². The Morgan fingerprint density at radius 2 is 1.70 bits per heavy atom. The number of rotatable bonds is 0. The molecule has 0 fully saturated rings. The van der Waals surface area contributed by atoms with E-state index >= 15 is 0 Å². The average molecular weight is 384 g/mol. The number of allylic oxidation sites excluding steroid dienone is 2.